The van der Waals surface area contributed by atoms with Crippen molar-refractivity contribution < 1.29 is 19.1 Å². The zero-order valence-corrected chi connectivity index (χ0v) is 23.2. The fourth-order valence-electron chi connectivity index (χ4n) is 4.11. The highest BCUT2D eigenvalue weighted by Crippen LogP contribution is 2.39. The van der Waals surface area contributed by atoms with Gasteiger partial charge in [0.1, 0.15) is 16.4 Å². The Morgan fingerprint density at radius 3 is 2.25 bits per heavy atom. The number of benzene rings is 4. The normalized spacial score (nSPS) is 13.0. The van der Waals surface area contributed by atoms with Gasteiger partial charge in [-0.15, -0.1) is 0 Å². The number of rotatable bonds is 8. The predicted molar refractivity (Wildman–Crippen MR) is 159 cm³/mol. The van der Waals surface area contributed by atoms with E-state index in [2.05, 4.69) is 10.6 Å². The molecule has 0 radical (unpaired) electrons. The first-order valence-corrected chi connectivity index (χ1v) is 13.5. The lowest BCUT2D eigenvalue weighted by Gasteiger charge is -2.16. The number of hydrogen-bond acceptors (Lipinski definition) is 6. The lowest BCUT2D eigenvalue weighted by molar-refractivity contribution is -0.120. The minimum atomic E-state index is -0.464. The third kappa shape index (κ3) is 5.73. The number of carbonyl (C=O) groups excluding carboxylic acids is 3. The van der Waals surface area contributed by atoms with Gasteiger partial charge in [-0.05, 0) is 85.3 Å². The van der Waals surface area contributed by atoms with Crippen molar-refractivity contribution in [1.29, 1.82) is 0 Å². The molecule has 40 heavy (non-hydrogen) atoms. The van der Waals surface area contributed by atoms with E-state index >= 15 is 0 Å². The smallest absolute Gasteiger partial charge is 0.283 e. The van der Waals surface area contributed by atoms with Crippen LogP contribution in [0.4, 0.5) is 17.1 Å². The summed E-state index contributed by atoms with van der Waals surface area (Å²) >= 11 is 7.08. The molecule has 4 aromatic rings. The third-order valence-corrected chi connectivity index (χ3v) is 7.45. The lowest BCUT2D eigenvalue weighted by atomic mass is 10.2. The summed E-state index contributed by atoms with van der Waals surface area (Å²) in [6.45, 7) is 1.93. The number of thioether (sulfide) groups is 1. The molecular weight excluding hydrogens is 546 g/mol. The Kier molecular flexibility index (Phi) is 7.91. The van der Waals surface area contributed by atoms with Crippen molar-refractivity contribution in [3.05, 3.63) is 124 Å². The molecule has 0 aliphatic carbocycles. The van der Waals surface area contributed by atoms with E-state index in [1.165, 1.54) is 11.8 Å². The molecule has 9 heteroatoms. The molecule has 1 heterocycles. The first-order valence-electron chi connectivity index (χ1n) is 12.3. The Morgan fingerprint density at radius 1 is 0.875 bits per heavy atom. The second-order valence-corrected chi connectivity index (χ2v) is 10.4. The Hall–Kier alpha value is -4.53. The van der Waals surface area contributed by atoms with Gasteiger partial charge in [0, 0.05) is 21.2 Å². The first kappa shape index (κ1) is 27.1. The molecule has 7 nitrogen and oxygen atoms in total. The van der Waals surface area contributed by atoms with Crippen molar-refractivity contribution in [2.45, 2.75) is 11.8 Å². The van der Waals surface area contributed by atoms with Gasteiger partial charge in [0.05, 0.1) is 18.5 Å². The van der Waals surface area contributed by atoms with Crippen molar-refractivity contribution in [1.82, 2.24) is 0 Å². The van der Waals surface area contributed by atoms with E-state index in [9.17, 15) is 14.4 Å². The van der Waals surface area contributed by atoms with Crippen LogP contribution in [0.1, 0.15) is 15.9 Å². The van der Waals surface area contributed by atoms with Crippen LogP contribution in [-0.4, -0.2) is 24.8 Å². The van der Waals surface area contributed by atoms with Gasteiger partial charge in [-0.1, -0.05) is 47.6 Å². The fraction of sp³-hybridized carbons (Fsp3) is 0.0645. The Labute approximate surface area is 240 Å². The van der Waals surface area contributed by atoms with Gasteiger partial charge in [0.2, 0.25) is 0 Å². The van der Waals surface area contributed by atoms with Crippen molar-refractivity contribution in [2.24, 2.45) is 0 Å². The van der Waals surface area contributed by atoms with E-state index in [4.69, 9.17) is 16.3 Å². The second-order valence-electron chi connectivity index (χ2n) is 8.90. The zero-order valence-electron chi connectivity index (χ0n) is 21.6. The number of anilines is 3. The number of hydrogen-bond donors (Lipinski definition) is 2. The van der Waals surface area contributed by atoms with Gasteiger partial charge in [-0.3, -0.25) is 14.4 Å². The summed E-state index contributed by atoms with van der Waals surface area (Å²) in [5.74, 6) is -0.625. The number of para-hydroxylation sites is 1. The topological polar surface area (TPSA) is 87.7 Å². The monoisotopic (exact) mass is 569 g/mol. The van der Waals surface area contributed by atoms with Crippen LogP contribution in [-0.2, 0) is 9.59 Å². The molecule has 0 spiro atoms. The van der Waals surface area contributed by atoms with E-state index in [0.29, 0.717) is 38.3 Å². The van der Waals surface area contributed by atoms with E-state index in [1.54, 1.807) is 86.0 Å². The SMILES string of the molecule is COc1ccc(C)cc1NC1=C(Sc2ccc(NC(=O)c3ccc(Cl)cc3)cc2)C(=O)N(c2ccccc2)C1=O. The average molecular weight is 570 g/mol. The van der Waals surface area contributed by atoms with Crippen LogP contribution >= 0.6 is 23.4 Å². The second kappa shape index (κ2) is 11.7. The van der Waals surface area contributed by atoms with Crippen LogP contribution in [0.5, 0.6) is 5.75 Å². The minimum Gasteiger partial charge on any atom is -0.495 e. The number of aryl methyl sites for hydroxylation is 1. The Bertz CT molecular complexity index is 1620. The number of nitrogens with zero attached hydrogens (tertiary/aromatic N) is 1. The minimum absolute atomic E-state index is 0.155. The summed E-state index contributed by atoms with van der Waals surface area (Å²) in [6.07, 6.45) is 0. The number of halogens is 1. The summed E-state index contributed by atoms with van der Waals surface area (Å²) in [6, 6.07) is 28.0. The third-order valence-electron chi connectivity index (χ3n) is 6.11. The van der Waals surface area contributed by atoms with Crippen molar-refractivity contribution in [3.63, 3.8) is 0 Å². The summed E-state index contributed by atoms with van der Waals surface area (Å²) in [5, 5.41) is 6.56. The number of carbonyl (C=O) groups is 3. The molecule has 0 fully saturated rings. The molecule has 0 atom stereocenters. The molecular formula is C31H24ClN3O4S. The highest BCUT2D eigenvalue weighted by Gasteiger charge is 2.40. The van der Waals surface area contributed by atoms with Crippen LogP contribution in [0.15, 0.2) is 113 Å². The Morgan fingerprint density at radius 2 is 1.57 bits per heavy atom. The largest absolute Gasteiger partial charge is 0.495 e. The van der Waals surface area contributed by atoms with E-state index in [-0.39, 0.29) is 16.5 Å². The van der Waals surface area contributed by atoms with Crippen LogP contribution < -0.4 is 20.3 Å². The van der Waals surface area contributed by atoms with Crippen LogP contribution in [0.25, 0.3) is 0 Å². The van der Waals surface area contributed by atoms with Crippen LogP contribution in [0.3, 0.4) is 0 Å². The molecule has 0 bridgehead atoms. The van der Waals surface area contributed by atoms with Gasteiger partial charge in [-0.2, -0.15) is 0 Å². The van der Waals surface area contributed by atoms with Gasteiger partial charge in [0.15, 0.2) is 0 Å². The van der Waals surface area contributed by atoms with Crippen molar-refractivity contribution in [2.75, 3.05) is 22.6 Å². The summed E-state index contributed by atoms with van der Waals surface area (Å²) in [4.78, 5) is 41.9. The fourth-order valence-corrected chi connectivity index (χ4v) is 5.16. The molecule has 0 saturated heterocycles. The maximum Gasteiger partial charge on any atom is 0.283 e. The maximum absolute atomic E-state index is 13.6. The number of imide groups is 1. The molecule has 2 N–H and O–H groups in total. The number of amides is 3. The van der Waals surface area contributed by atoms with Gasteiger partial charge in [-0.25, -0.2) is 4.90 Å². The Balaban J connectivity index is 1.43. The quantitative estimate of drug-likeness (QED) is 0.224. The summed E-state index contributed by atoms with van der Waals surface area (Å²) in [5.41, 5.74) is 3.23. The molecule has 1 aliphatic rings. The average Bonchev–Trinajstić information content (AvgIpc) is 3.18. The van der Waals surface area contributed by atoms with Crippen LogP contribution in [0, 0.1) is 6.92 Å². The van der Waals surface area contributed by atoms with E-state index in [0.717, 1.165) is 10.5 Å². The summed E-state index contributed by atoms with van der Waals surface area (Å²) in [7, 11) is 1.55. The summed E-state index contributed by atoms with van der Waals surface area (Å²) < 4.78 is 5.48. The maximum atomic E-state index is 13.6. The van der Waals surface area contributed by atoms with E-state index in [1.807, 2.05) is 25.1 Å². The van der Waals surface area contributed by atoms with Crippen molar-refractivity contribution in [3.8, 4) is 5.75 Å². The molecule has 4 aromatic carbocycles. The molecule has 200 valence electrons. The zero-order chi connectivity index (χ0) is 28.2. The molecule has 5 rings (SSSR count). The number of ether oxygens (including phenoxy) is 1. The van der Waals surface area contributed by atoms with Gasteiger partial charge in [0.25, 0.3) is 17.7 Å². The predicted octanol–water partition coefficient (Wildman–Crippen LogP) is 6.90. The first-order chi connectivity index (χ1) is 19.3. The molecule has 3 amide bonds. The van der Waals surface area contributed by atoms with Crippen molar-refractivity contribution >= 4 is 58.1 Å². The van der Waals surface area contributed by atoms with Gasteiger partial charge < -0.3 is 15.4 Å². The van der Waals surface area contributed by atoms with Crippen LogP contribution in [0.2, 0.25) is 5.02 Å². The molecule has 0 unspecified atom stereocenters. The highest BCUT2D eigenvalue weighted by molar-refractivity contribution is 8.04. The van der Waals surface area contributed by atoms with E-state index < -0.39 is 11.8 Å². The molecule has 1 aliphatic heterocycles. The van der Waals surface area contributed by atoms with Gasteiger partial charge >= 0.3 is 0 Å². The number of nitrogens with one attached hydrogen (secondary N) is 2. The lowest BCUT2D eigenvalue weighted by Crippen LogP contribution is -2.32. The highest BCUT2D eigenvalue weighted by atomic mass is 35.5. The molecule has 0 saturated carbocycles. The number of methoxy groups -OCH3 is 1. The standard InChI is InChI=1S/C31H24ClN3O4S/c1-19-8-17-26(39-2)25(18-19)34-27-28(31(38)35(30(27)37)23-6-4-3-5-7-23)40-24-15-13-22(14-16-24)33-29(36)20-9-11-21(32)12-10-20/h3-18,34H,1-2H3,(H,33,36). The molecule has 0 aromatic heterocycles.